The third-order valence-electron chi connectivity index (χ3n) is 9.55. The minimum atomic E-state index is -3.40. The first-order valence-electron chi connectivity index (χ1n) is 15.6. The van der Waals surface area contributed by atoms with E-state index in [-0.39, 0.29) is 30.3 Å². The van der Waals surface area contributed by atoms with Crippen LogP contribution in [0.15, 0.2) is 60.7 Å². The zero-order chi connectivity index (χ0) is 29.7. The molecule has 5 rings (SSSR count). The number of halogens is 5. The second kappa shape index (κ2) is 13.6. The average molecular weight is 585 g/mol. The molecular weight excluding hydrogens is 543 g/mol. The maximum atomic E-state index is 15.3. The molecule has 3 aromatic carbocycles. The van der Waals surface area contributed by atoms with Gasteiger partial charge in [0.25, 0.3) is 0 Å². The van der Waals surface area contributed by atoms with Gasteiger partial charge in [-0.25, -0.2) is 13.2 Å². The predicted molar refractivity (Wildman–Crippen MR) is 157 cm³/mol. The van der Waals surface area contributed by atoms with Gasteiger partial charge in [0.05, 0.1) is 5.92 Å². The molecule has 2 fully saturated rings. The molecule has 2 saturated carbocycles. The van der Waals surface area contributed by atoms with Crippen molar-refractivity contribution in [3.8, 4) is 16.9 Å². The molecule has 0 saturated heterocycles. The van der Waals surface area contributed by atoms with Crippen LogP contribution in [-0.4, -0.2) is 6.11 Å². The number of benzene rings is 3. The van der Waals surface area contributed by atoms with Crippen LogP contribution < -0.4 is 4.74 Å². The third-order valence-corrected chi connectivity index (χ3v) is 9.55. The molecule has 2 aliphatic carbocycles. The van der Waals surface area contributed by atoms with E-state index >= 15 is 8.78 Å². The molecule has 3 aromatic rings. The predicted octanol–water partition coefficient (Wildman–Crippen LogP) is 11.6. The van der Waals surface area contributed by atoms with Crippen LogP contribution in [-0.2, 0) is 0 Å². The summed E-state index contributed by atoms with van der Waals surface area (Å²) in [5, 5.41) is 0. The number of unbranched alkanes of at least 4 members (excludes halogenated alkanes) is 2. The Kier molecular flexibility index (Phi) is 9.90. The van der Waals surface area contributed by atoms with Gasteiger partial charge >= 0.3 is 6.11 Å². The summed E-state index contributed by atoms with van der Waals surface area (Å²) in [6.45, 7) is 2.23. The van der Waals surface area contributed by atoms with Crippen molar-refractivity contribution in [2.24, 2.45) is 11.8 Å². The molecule has 0 aromatic heterocycles. The van der Waals surface area contributed by atoms with Gasteiger partial charge in [-0.15, -0.1) is 0 Å². The molecule has 0 bridgehead atoms. The molecule has 226 valence electrons. The van der Waals surface area contributed by atoms with Crippen LogP contribution in [0.1, 0.15) is 107 Å². The Balaban J connectivity index is 1.18. The number of alkyl halides is 2. The fourth-order valence-corrected chi connectivity index (χ4v) is 7.00. The standard InChI is InChI=1S/C36H41F5O/c1-2-3-4-5-24-6-8-25(9-7-24)27-12-20-33(34(38)22-27)28-13-21-32(35(39)23-28)26-10-14-29(15-11-26)36(40,41)42-31-18-16-30(37)17-19-31/h12-13,16-26,29H,2-11,14-15H2,1H3. The summed E-state index contributed by atoms with van der Waals surface area (Å²) in [6, 6.07) is 14.7. The lowest BCUT2D eigenvalue weighted by molar-refractivity contribution is -0.222. The largest absolute Gasteiger partial charge is 0.432 e. The Morgan fingerprint density at radius 2 is 1.40 bits per heavy atom. The van der Waals surface area contributed by atoms with Crippen molar-refractivity contribution >= 4 is 0 Å². The Morgan fingerprint density at radius 3 is 2.05 bits per heavy atom. The quantitative estimate of drug-likeness (QED) is 0.170. The molecule has 0 radical (unpaired) electrons. The molecule has 1 nitrogen and oxygen atoms in total. The fourth-order valence-electron chi connectivity index (χ4n) is 7.00. The molecular formula is C36H41F5O. The second-order valence-electron chi connectivity index (χ2n) is 12.4. The number of hydrogen-bond donors (Lipinski definition) is 0. The van der Waals surface area contributed by atoms with Gasteiger partial charge in [-0.05, 0) is 122 Å². The maximum absolute atomic E-state index is 15.3. The van der Waals surface area contributed by atoms with Crippen molar-refractivity contribution in [1.82, 2.24) is 0 Å². The van der Waals surface area contributed by atoms with Crippen molar-refractivity contribution in [3.05, 3.63) is 89.2 Å². The van der Waals surface area contributed by atoms with Crippen LogP contribution in [0.25, 0.3) is 11.1 Å². The topological polar surface area (TPSA) is 9.23 Å². The van der Waals surface area contributed by atoms with Gasteiger partial charge in [-0.3, -0.25) is 0 Å². The summed E-state index contributed by atoms with van der Waals surface area (Å²) in [6.07, 6.45) is 7.46. The Bertz CT molecular complexity index is 1300. The molecule has 0 unspecified atom stereocenters. The minimum absolute atomic E-state index is 0.0874. The van der Waals surface area contributed by atoms with Crippen LogP contribution in [0, 0.1) is 29.3 Å². The fraction of sp³-hybridized carbons (Fsp3) is 0.500. The van der Waals surface area contributed by atoms with Gasteiger partial charge in [-0.2, -0.15) is 8.78 Å². The zero-order valence-corrected chi connectivity index (χ0v) is 24.4. The summed E-state index contributed by atoms with van der Waals surface area (Å²) < 4.78 is 78.1. The first kappa shape index (κ1) is 30.6. The van der Waals surface area contributed by atoms with Gasteiger partial charge in [0.2, 0.25) is 0 Å². The van der Waals surface area contributed by atoms with Crippen LogP contribution in [0.5, 0.6) is 5.75 Å². The lowest BCUT2D eigenvalue weighted by atomic mass is 9.76. The van der Waals surface area contributed by atoms with Gasteiger partial charge in [-0.1, -0.05) is 56.9 Å². The Labute approximate surface area is 246 Å². The van der Waals surface area contributed by atoms with Crippen LogP contribution in [0.2, 0.25) is 0 Å². The van der Waals surface area contributed by atoms with Crippen molar-refractivity contribution < 1.29 is 26.7 Å². The van der Waals surface area contributed by atoms with Gasteiger partial charge in [0.15, 0.2) is 0 Å². The summed E-state index contributed by atoms with van der Waals surface area (Å²) in [5.74, 6) is -1.42. The van der Waals surface area contributed by atoms with E-state index in [9.17, 15) is 13.2 Å². The van der Waals surface area contributed by atoms with E-state index in [2.05, 4.69) is 6.92 Å². The second-order valence-corrected chi connectivity index (χ2v) is 12.4. The van der Waals surface area contributed by atoms with Crippen LogP contribution in [0.3, 0.4) is 0 Å². The van der Waals surface area contributed by atoms with E-state index < -0.39 is 23.7 Å². The highest BCUT2D eigenvalue weighted by Crippen LogP contribution is 2.44. The smallest absolute Gasteiger partial charge is 0.400 e. The van der Waals surface area contributed by atoms with Crippen molar-refractivity contribution in [1.29, 1.82) is 0 Å². The minimum Gasteiger partial charge on any atom is -0.432 e. The summed E-state index contributed by atoms with van der Waals surface area (Å²) in [7, 11) is 0. The molecule has 0 atom stereocenters. The average Bonchev–Trinajstić information content (AvgIpc) is 2.99. The van der Waals surface area contributed by atoms with Crippen molar-refractivity contribution in [2.45, 2.75) is 102 Å². The number of hydrogen-bond acceptors (Lipinski definition) is 1. The van der Waals surface area contributed by atoms with Crippen molar-refractivity contribution in [3.63, 3.8) is 0 Å². The van der Waals surface area contributed by atoms with Gasteiger partial charge in [0.1, 0.15) is 23.2 Å². The monoisotopic (exact) mass is 584 g/mol. The molecule has 0 spiro atoms. The van der Waals surface area contributed by atoms with E-state index in [0.717, 1.165) is 36.5 Å². The highest BCUT2D eigenvalue weighted by Gasteiger charge is 2.44. The lowest BCUT2D eigenvalue weighted by Gasteiger charge is -2.33. The van der Waals surface area contributed by atoms with Crippen LogP contribution in [0.4, 0.5) is 22.0 Å². The molecule has 0 amide bonds. The van der Waals surface area contributed by atoms with Gasteiger partial charge < -0.3 is 4.74 Å². The molecule has 0 N–H and O–H groups in total. The highest BCUT2D eigenvalue weighted by molar-refractivity contribution is 5.65. The lowest BCUT2D eigenvalue weighted by Crippen LogP contribution is -2.37. The van der Waals surface area contributed by atoms with E-state index in [0.29, 0.717) is 35.4 Å². The third kappa shape index (κ3) is 7.36. The molecule has 2 aliphatic rings. The molecule has 0 aliphatic heterocycles. The zero-order valence-electron chi connectivity index (χ0n) is 24.4. The van der Waals surface area contributed by atoms with Crippen LogP contribution >= 0.6 is 0 Å². The molecule has 6 heteroatoms. The van der Waals surface area contributed by atoms with Crippen molar-refractivity contribution in [2.75, 3.05) is 0 Å². The number of rotatable bonds is 10. The van der Waals surface area contributed by atoms with E-state index in [1.165, 1.54) is 56.7 Å². The van der Waals surface area contributed by atoms with E-state index in [1.807, 2.05) is 6.07 Å². The summed E-state index contributed by atoms with van der Waals surface area (Å²) in [5.41, 5.74) is 2.36. The normalized spacial score (nSPS) is 23.1. The molecule has 0 heterocycles. The Hall–Kier alpha value is -2.89. The molecule has 42 heavy (non-hydrogen) atoms. The maximum Gasteiger partial charge on any atom is 0.400 e. The highest BCUT2D eigenvalue weighted by atomic mass is 19.3. The number of ether oxygens (including phenoxy) is 1. The van der Waals surface area contributed by atoms with E-state index in [4.69, 9.17) is 4.74 Å². The first-order chi connectivity index (χ1) is 20.2. The Morgan fingerprint density at radius 1 is 0.714 bits per heavy atom. The summed E-state index contributed by atoms with van der Waals surface area (Å²) in [4.78, 5) is 0. The van der Waals surface area contributed by atoms with Gasteiger partial charge in [0, 0.05) is 5.56 Å². The first-order valence-corrected chi connectivity index (χ1v) is 15.6. The SMILES string of the molecule is CCCCCC1CCC(c2ccc(-c3ccc(C4CCC(C(F)(F)Oc5ccc(F)cc5)CC4)c(F)c3)c(F)c2)CC1. The van der Waals surface area contributed by atoms with E-state index in [1.54, 1.807) is 24.3 Å². The summed E-state index contributed by atoms with van der Waals surface area (Å²) >= 11 is 0.